The first-order valence-electron chi connectivity index (χ1n) is 8.56. The van der Waals surface area contributed by atoms with Gasteiger partial charge < -0.3 is 20.4 Å². The van der Waals surface area contributed by atoms with Crippen LogP contribution >= 0.6 is 11.6 Å². The van der Waals surface area contributed by atoms with Crippen LogP contribution in [0.2, 0.25) is 5.02 Å². The summed E-state index contributed by atoms with van der Waals surface area (Å²) in [4.78, 5) is 15.3. The van der Waals surface area contributed by atoms with Gasteiger partial charge in [-0.25, -0.2) is 0 Å². The van der Waals surface area contributed by atoms with E-state index in [9.17, 15) is 4.79 Å². The number of para-hydroxylation sites is 1. The Morgan fingerprint density at radius 2 is 2.04 bits per heavy atom. The number of aromatic nitrogens is 1. The highest BCUT2D eigenvalue weighted by Crippen LogP contribution is 2.27. The Balaban J connectivity index is 1.43. The van der Waals surface area contributed by atoms with E-state index >= 15 is 0 Å². The zero-order valence-corrected chi connectivity index (χ0v) is 15.4. The summed E-state index contributed by atoms with van der Waals surface area (Å²) in [7, 11) is 1.60. The molecule has 136 valence electrons. The number of amides is 1. The summed E-state index contributed by atoms with van der Waals surface area (Å²) in [5.74, 6) is 0.715. The second-order valence-electron chi connectivity index (χ2n) is 5.98. The Morgan fingerprint density at radius 3 is 2.88 bits per heavy atom. The second kappa shape index (κ2) is 8.63. The van der Waals surface area contributed by atoms with Gasteiger partial charge in [0.2, 0.25) is 5.91 Å². The lowest BCUT2D eigenvalue weighted by Gasteiger charge is -2.11. The van der Waals surface area contributed by atoms with Gasteiger partial charge in [0.1, 0.15) is 5.75 Å². The molecule has 0 radical (unpaired) electrons. The molecule has 3 aromatic rings. The summed E-state index contributed by atoms with van der Waals surface area (Å²) in [5.41, 5.74) is 3.11. The molecule has 0 aliphatic rings. The summed E-state index contributed by atoms with van der Waals surface area (Å²) >= 11 is 6.00. The predicted octanol–water partition coefficient (Wildman–Crippen LogP) is 3.99. The summed E-state index contributed by atoms with van der Waals surface area (Å²) in [6.07, 6.45) is 3.18. The van der Waals surface area contributed by atoms with E-state index in [1.165, 1.54) is 10.9 Å². The van der Waals surface area contributed by atoms with Gasteiger partial charge in [-0.2, -0.15) is 0 Å². The highest BCUT2D eigenvalue weighted by atomic mass is 35.5. The number of rotatable bonds is 8. The number of halogens is 1. The van der Waals surface area contributed by atoms with Crippen LogP contribution in [0.4, 0.5) is 5.69 Å². The van der Waals surface area contributed by atoms with E-state index in [0.717, 1.165) is 17.6 Å². The van der Waals surface area contributed by atoms with Crippen LogP contribution in [0.25, 0.3) is 10.9 Å². The van der Waals surface area contributed by atoms with Crippen molar-refractivity contribution in [2.75, 3.05) is 25.5 Å². The number of hydrogen-bond donors (Lipinski definition) is 3. The molecule has 3 N–H and O–H groups in total. The maximum Gasteiger partial charge on any atom is 0.221 e. The second-order valence-corrected chi connectivity index (χ2v) is 6.42. The maximum absolute atomic E-state index is 12.0. The minimum atomic E-state index is 0.0123. The first-order valence-corrected chi connectivity index (χ1v) is 8.94. The lowest BCUT2D eigenvalue weighted by Crippen LogP contribution is -2.27. The average molecular weight is 372 g/mol. The molecule has 1 heterocycles. The van der Waals surface area contributed by atoms with Crippen LogP contribution in [0.1, 0.15) is 12.0 Å². The first kappa shape index (κ1) is 18.1. The third kappa shape index (κ3) is 4.49. The van der Waals surface area contributed by atoms with Crippen molar-refractivity contribution in [1.82, 2.24) is 10.3 Å². The Bertz CT molecular complexity index is 892. The van der Waals surface area contributed by atoms with Crippen LogP contribution < -0.4 is 15.4 Å². The Kier molecular flexibility index (Phi) is 6.02. The van der Waals surface area contributed by atoms with Crippen LogP contribution in [0, 0.1) is 0 Å². The van der Waals surface area contributed by atoms with E-state index in [2.05, 4.69) is 21.7 Å². The van der Waals surface area contributed by atoms with Gasteiger partial charge in [-0.05, 0) is 36.2 Å². The molecular formula is C20H22ClN3O2. The molecular weight excluding hydrogens is 350 g/mol. The lowest BCUT2D eigenvalue weighted by molar-refractivity contribution is -0.120. The largest absolute Gasteiger partial charge is 0.495 e. The van der Waals surface area contributed by atoms with Crippen molar-refractivity contribution in [2.45, 2.75) is 12.8 Å². The van der Waals surface area contributed by atoms with Crippen molar-refractivity contribution in [2.24, 2.45) is 0 Å². The van der Waals surface area contributed by atoms with Crippen molar-refractivity contribution in [3.8, 4) is 5.75 Å². The minimum absolute atomic E-state index is 0.0123. The number of H-pyrrole nitrogens is 1. The van der Waals surface area contributed by atoms with E-state index in [-0.39, 0.29) is 5.91 Å². The molecule has 1 aromatic heterocycles. The van der Waals surface area contributed by atoms with Gasteiger partial charge in [0.25, 0.3) is 0 Å². The Labute approximate surface area is 157 Å². The molecule has 0 unspecified atom stereocenters. The number of anilines is 1. The molecule has 2 aromatic carbocycles. The summed E-state index contributed by atoms with van der Waals surface area (Å²) < 4.78 is 5.27. The molecule has 0 aliphatic heterocycles. The van der Waals surface area contributed by atoms with Crippen molar-refractivity contribution < 1.29 is 9.53 Å². The van der Waals surface area contributed by atoms with Crippen molar-refractivity contribution in [3.05, 3.63) is 59.2 Å². The first-order chi connectivity index (χ1) is 12.7. The van der Waals surface area contributed by atoms with Gasteiger partial charge in [0.15, 0.2) is 0 Å². The number of hydrogen-bond acceptors (Lipinski definition) is 3. The number of carbonyl (C=O) groups is 1. The molecule has 0 atom stereocenters. The summed E-state index contributed by atoms with van der Waals surface area (Å²) in [5, 5.41) is 7.98. The highest BCUT2D eigenvalue weighted by molar-refractivity contribution is 6.30. The van der Waals surface area contributed by atoms with E-state index in [1.54, 1.807) is 25.3 Å². The van der Waals surface area contributed by atoms with Crippen LogP contribution in [-0.2, 0) is 11.2 Å². The number of nitrogens with one attached hydrogen (secondary N) is 3. The molecule has 0 saturated heterocycles. The third-order valence-electron chi connectivity index (χ3n) is 4.22. The molecule has 3 rings (SSSR count). The fraction of sp³-hybridized carbons (Fsp3) is 0.250. The topological polar surface area (TPSA) is 66.2 Å². The van der Waals surface area contributed by atoms with Gasteiger partial charge in [0, 0.05) is 41.6 Å². The van der Waals surface area contributed by atoms with Crippen molar-refractivity contribution in [1.29, 1.82) is 0 Å². The van der Waals surface area contributed by atoms with Crippen LogP contribution in [-0.4, -0.2) is 31.1 Å². The number of aromatic amines is 1. The summed E-state index contributed by atoms with van der Waals surface area (Å²) in [6.45, 7) is 1.12. The summed E-state index contributed by atoms with van der Waals surface area (Å²) in [6, 6.07) is 13.5. The number of ether oxygens (including phenoxy) is 1. The molecule has 0 saturated carbocycles. The van der Waals surface area contributed by atoms with E-state index in [0.29, 0.717) is 30.3 Å². The fourth-order valence-corrected chi connectivity index (χ4v) is 3.06. The molecule has 26 heavy (non-hydrogen) atoms. The standard InChI is InChI=1S/C20H22ClN3O2/c1-26-19-7-6-15(21)12-18(19)22-11-9-20(25)23-10-8-14-13-24-17-5-3-2-4-16(14)17/h2-7,12-13,22,24H,8-11H2,1H3,(H,23,25). The number of carbonyl (C=O) groups excluding carboxylic acids is 1. The number of benzene rings is 2. The molecule has 0 spiro atoms. The molecule has 0 fully saturated rings. The predicted molar refractivity (Wildman–Crippen MR) is 106 cm³/mol. The monoisotopic (exact) mass is 371 g/mol. The van der Waals surface area contributed by atoms with Crippen LogP contribution in [0.3, 0.4) is 0 Å². The van der Waals surface area contributed by atoms with Crippen molar-refractivity contribution in [3.63, 3.8) is 0 Å². The highest BCUT2D eigenvalue weighted by Gasteiger charge is 2.06. The minimum Gasteiger partial charge on any atom is -0.495 e. The SMILES string of the molecule is COc1ccc(Cl)cc1NCCC(=O)NCCc1c[nH]c2ccccc12. The quantitative estimate of drug-likeness (QED) is 0.561. The molecule has 1 amide bonds. The average Bonchev–Trinajstić information content (AvgIpc) is 3.05. The smallest absolute Gasteiger partial charge is 0.221 e. The van der Waals surface area contributed by atoms with Gasteiger partial charge in [0.05, 0.1) is 12.8 Å². The number of methoxy groups -OCH3 is 1. The van der Waals surface area contributed by atoms with Crippen LogP contribution in [0.5, 0.6) is 5.75 Å². The van der Waals surface area contributed by atoms with Crippen LogP contribution in [0.15, 0.2) is 48.7 Å². The molecule has 5 nitrogen and oxygen atoms in total. The number of fused-ring (bicyclic) bond motifs is 1. The van der Waals surface area contributed by atoms with Crippen molar-refractivity contribution >= 4 is 34.1 Å². The fourth-order valence-electron chi connectivity index (χ4n) is 2.89. The third-order valence-corrected chi connectivity index (χ3v) is 4.46. The van der Waals surface area contributed by atoms with Gasteiger partial charge >= 0.3 is 0 Å². The zero-order valence-electron chi connectivity index (χ0n) is 14.6. The normalized spacial score (nSPS) is 10.7. The van der Waals surface area contributed by atoms with E-state index in [1.807, 2.05) is 24.4 Å². The van der Waals surface area contributed by atoms with Gasteiger partial charge in [-0.3, -0.25) is 4.79 Å². The molecule has 0 aliphatic carbocycles. The Hall–Kier alpha value is -2.66. The lowest BCUT2D eigenvalue weighted by atomic mass is 10.1. The maximum atomic E-state index is 12.0. The van der Waals surface area contributed by atoms with Gasteiger partial charge in [-0.15, -0.1) is 0 Å². The zero-order chi connectivity index (χ0) is 18.4. The van der Waals surface area contributed by atoms with Gasteiger partial charge in [-0.1, -0.05) is 29.8 Å². The molecule has 0 bridgehead atoms. The van der Waals surface area contributed by atoms with E-state index < -0.39 is 0 Å². The van der Waals surface area contributed by atoms with E-state index in [4.69, 9.17) is 16.3 Å². The Morgan fingerprint density at radius 1 is 1.19 bits per heavy atom. The molecule has 6 heteroatoms.